The zero-order valence-electron chi connectivity index (χ0n) is 14.0. The molecule has 0 aliphatic carbocycles. The highest BCUT2D eigenvalue weighted by Gasteiger charge is 2.08. The number of imidazole rings is 1. The second-order valence-corrected chi connectivity index (χ2v) is 7.08. The van der Waals surface area contributed by atoms with E-state index in [1.807, 2.05) is 19.3 Å². The molecule has 0 bridgehead atoms. The summed E-state index contributed by atoms with van der Waals surface area (Å²) in [5.41, 5.74) is 3.55. The van der Waals surface area contributed by atoms with E-state index >= 15 is 0 Å². The summed E-state index contributed by atoms with van der Waals surface area (Å²) in [5.74, 6) is 0.999. The van der Waals surface area contributed by atoms with E-state index in [0.29, 0.717) is 0 Å². The van der Waals surface area contributed by atoms with Gasteiger partial charge in [0.15, 0.2) is 0 Å². The van der Waals surface area contributed by atoms with Crippen LogP contribution in [0.25, 0.3) is 5.69 Å². The summed E-state index contributed by atoms with van der Waals surface area (Å²) in [6.07, 6.45) is 3.81. The molecule has 0 unspecified atom stereocenters. The number of hydrogen-bond acceptors (Lipinski definition) is 4. The fraction of sp³-hybridized carbons (Fsp3) is 0.333. The molecule has 0 amide bonds. The number of aromatic nitrogens is 3. The molecule has 3 rings (SSSR count). The third-order valence-corrected chi connectivity index (χ3v) is 5.20. The van der Waals surface area contributed by atoms with Gasteiger partial charge >= 0.3 is 0 Å². The smallest absolute Gasteiger partial charge is 0.110 e. The maximum atomic E-state index is 4.58. The van der Waals surface area contributed by atoms with Gasteiger partial charge in [-0.25, -0.2) is 9.97 Å². The zero-order chi connectivity index (χ0) is 16.4. The molecular weight excluding hydrogens is 304 g/mol. The summed E-state index contributed by atoms with van der Waals surface area (Å²) in [6, 6.07) is 8.91. The van der Waals surface area contributed by atoms with Crippen molar-refractivity contribution in [1.29, 1.82) is 0 Å². The molecule has 1 atom stereocenters. The van der Waals surface area contributed by atoms with Crippen molar-refractivity contribution < 1.29 is 0 Å². The van der Waals surface area contributed by atoms with E-state index < -0.39 is 0 Å². The highest BCUT2D eigenvalue weighted by atomic mass is 32.1. The molecule has 0 fully saturated rings. The van der Waals surface area contributed by atoms with Gasteiger partial charge in [0.05, 0.1) is 5.69 Å². The lowest BCUT2D eigenvalue weighted by Crippen LogP contribution is -2.18. The molecule has 2 aromatic heterocycles. The van der Waals surface area contributed by atoms with Crippen LogP contribution >= 0.6 is 11.3 Å². The Morgan fingerprint density at radius 2 is 1.91 bits per heavy atom. The fourth-order valence-corrected chi connectivity index (χ4v) is 3.43. The largest absolute Gasteiger partial charge is 0.304 e. The summed E-state index contributed by atoms with van der Waals surface area (Å²) in [7, 11) is 0. The van der Waals surface area contributed by atoms with Crippen molar-refractivity contribution in [2.75, 3.05) is 0 Å². The van der Waals surface area contributed by atoms with E-state index in [2.05, 4.69) is 64.9 Å². The highest BCUT2D eigenvalue weighted by Crippen LogP contribution is 2.19. The molecule has 0 saturated heterocycles. The zero-order valence-corrected chi connectivity index (χ0v) is 14.8. The van der Waals surface area contributed by atoms with Gasteiger partial charge in [-0.2, -0.15) is 0 Å². The van der Waals surface area contributed by atoms with Gasteiger partial charge in [-0.05, 0) is 45.4 Å². The van der Waals surface area contributed by atoms with Crippen LogP contribution in [-0.4, -0.2) is 14.5 Å². The Balaban J connectivity index is 1.65. The maximum absolute atomic E-state index is 4.58. The first-order valence-corrected chi connectivity index (χ1v) is 8.63. The van der Waals surface area contributed by atoms with Crippen LogP contribution in [0.1, 0.15) is 39.9 Å². The Bertz CT molecular complexity index is 766. The summed E-state index contributed by atoms with van der Waals surface area (Å²) in [4.78, 5) is 10.1. The Hall–Kier alpha value is -1.98. The van der Waals surface area contributed by atoms with E-state index in [0.717, 1.165) is 28.8 Å². The minimum Gasteiger partial charge on any atom is -0.304 e. The van der Waals surface area contributed by atoms with Gasteiger partial charge in [0.2, 0.25) is 0 Å². The molecule has 2 heterocycles. The van der Waals surface area contributed by atoms with Crippen LogP contribution in [-0.2, 0) is 6.54 Å². The molecule has 120 valence electrons. The van der Waals surface area contributed by atoms with Crippen molar-refractivity contribution in [2.24, 2.45) is 0 Å². The second kappa shape index (κ2) is 6.64. The standard InChI is InChI=1S/C18H22N4S/c1-12-14(3)23-18(21-12)11-20-13(2)16-5-7-17(8-6-16)22-10-9-19-15(22)4/h5-10,13,20H,11H2,1-4H3/t13-/m1/s1. The number of benzene rings is 1. The number of nitrogens with one attached hydrogen (secondary N) is 1. The molecule has 0 saturated carbocycles. The Morgan fingerprint density at radius 3 is 2.48 bits per heavy atom. The van der Waals surface area contributed by atoms with Crippen LogP contribution in [0.4, 0.5) is 0 Å². The Labute approximate surface area is 141 Å². The van der Waals surface area contributed by atoms with Crippen molar-refractivity contribution >= 4 is 11.3 Å². The van der Waals surface area contributed by atoms with Crippen LogP contribution in [0.2, 0.25) is 0 Å². The van der Waals surface area contributed by atoms with Crippen LogP contribution < -0.4 is 5.32 Å². The normalized spacial score (nSPS) is 12.5. The number of hydrogen-bond donors (Lipinski definition) is 1. The molecule has 0 radical (unpaired) electrons. The molecule has 3 aromatic rings. The van der Waals surface area contributed by atoms with Gasteiger partial charge in [-0.3, -0.25) is 0 Å². The van der Waals surface area contributed by atoms with E-state index in [4.69, 9.17) is 0 Å². The van der Waals surface area contributed by atoms with Crippen molar-refractivity contribution in [1.82, 2.24) is 19.9 Å². The number of aryl methyl sites for hydroxylation is 3. The van der Waals surface area contributed by atoms with Gasteiger partial charge in [-0.1, -0.05) is 12.1 Å². The van der Waals surface area contributed by atoms with E-state index in [1.165, 1.54) is 10.4 Å². The first-order chi connectivity index (χ1) is 11.0. The SMILES string of the molecule is Cc1nc(CN[C@H](C)c2ccc(-n3ccnc3C)cc2)sc1C. The number of rotatable bonds is 5. The van der Waals surface area contributed by atoms with Crippen molar-refractivity contribution in [3.63, 3.8) is 0 Å². The second-order valence-electron chi connectivity index (χ2n) is 5.79. The average Bonchev–Trinajstić information content (AvgIpc) is 3.11. The van der Waals surface area contributed by atoms with Crippen LogP contribution in [0.3, 0.4) is 0 Å². The van der Waals surface area contributed by atoms with E-state index in [1.54, 1.807) is 11.3 Å². The molecule has 0 spiro atoms. The average molecular weight is 326 g/mol. The van der Waals surface area contributed by atoms with Gasteiger partial charge in [0, 0.05) is 35.5 Å². The first kappa shape index (κ1) is 15.9. The third kappa shape index (κ3) is 3.51. The molecule has 0 aliphatic heterocycles. The van der Waals surface area contributed by atoms with Crippen LogP contribution in [0, 0.1) is 20.8 Å². The number of nitrogens with zero attached hydrogens (tertiary/aromatic N) is 3. The highest BCUT2D eigenvalue weighted by molar-refractivity contribution is 7.11. The fourth-order valence-electron chi connectivity index (χ4n) is 2.55. The lowest BCUT2D eigenvalue weighted by molar-refractivity contribution is 0.573. The van der Waals surface area contributed by atoms with Crippen LogP contribution in [0.15, 0.2) is 36.7 Å². The molecule has 1 N–H and O–H groups in total. The number of thiazole rings is 1. The van der Waals surface area contributed by atoms with Gasteiger partial charge in [0.1, 0.15) is 10.8 Å². The predicted molar refractivity (Wildman–Crippen MR) is 95.1 cm³/mol. The van der Waals surface area contributed by atoms with Crippen molar-refractivity contribution in [2.45, 2.75) is 40.3 Å². The quantitative estimate of drug-likeness (QED) is 0.767. The summed E-state index contributed by atoms with van der Waals surface area (Å²) in [6.45, 7) is 9.19. The third-order valence-electron chi connectivity index (χ3n) is 4.13. The molecule has 23 heavy (non-hydrogen) atoms. The van der Waals surface area contributed by atoms with Crippen LogP contribution in [0.5, 0.6) is 0 Å². The van der Waals surface area contributed by atoms with Crippen molar-refractivity contribution in [3.05, 3.63) is 63.6 Å². The van der Waals surface area contributed by atoms with E-state index in [9.17, 15) is 0 Å². The predicted octanol–water partition coefficient (Wildman–Crippen LogP) is 4.10. The minimum absolute atomic E-state index is 0.289. The topological polar surface area (TPSA) is 42.7 Å². The van der Waals surface area contributed by atoms with E-state index in [-0.39, 0.29) is 6.04 Å². The van der Waals surface area contributed by atoms with Crippen molar-refractivity contribution in [3.8, 4) is 5.69 Å². The Morgan fingerprint density at radius 1 is 1.17 bits per heavy atom. The van der Waals surface area contributed by atoms with Gasteiger partial charge in [-0.15, -0.1) is 11.3 Å². The minimum atomic E-state index is 0.289. The monoisotopic (exact) mass is 326 g/mol. The molecule has 5 heteroatoms. The molecule has 0 aliphatic rings. The van der Waals surface area contributed by atoms with Gasteiger partial charge < -0.3 is 9.88 Å². The Kier molecular flexibility index (Phi) is 4.59. The lowest BCUT2D eigenvalue weighted by atomic mass is 10.1. The lowest BCUT2D eigenvalue weighted by Gasteiger charge is -2.14. The molecule has 1 aromatic carbocycles. The summed E-state index contributed by atoms with van der Waals surface area (Å²) < 4.78 is 2.09. The molecule has 4 nitrogen and oxygen atoms in total. The summed E-state index contributed by atoms with van der Waals surface area (Å²) in [5, 5.41) is 4.70. The summed E-state index contributed by atoms with van der Waals surface area (Å²) >= 11 is 1.77. The van der Waals surface area contributed by atoms with Gasteiger partial charge in [0.25, 0.3) is 0 Å². The molecular formula is C18H22N4S. The first-order valence-electron chi connectivity index (χ1n) is 7.81. The maximum Gasteiger partial charge on any atom is 0.110 e.